The molecule has 0 saturated carbocycles. The first-order valence-corrected chi connectivity index (χ1v) is 11.5. The highest BCUT2D eigenvalue weighted by Crippen LogP contribution is 2.38. The molecule has 1 aliphatic heterocycles. The fourth-order valence-corrected chi connectivity index (χ4v) is 5.46. The minimum Gasteiger partial charge on any atom is -0.370 e. The summed E-state index contributed by atoms with van der Waals surface area (Å²) in [6.07, 6.45) is 2.67. The van der Waals surface area contributed by atoms with E-state index in [-0.39, 0.29) is 21.6 Å². The fourth-order valence-electron chi connectivity index (χ4n) is 4.03. The number of rotatable bonds is 4. The molecule has 0 aliphatic carbocycles. The Hall–Kier alpha value is -2.93. The van der Waals surface area contributed by atoms with E-state index in [9.17, 15) is 13.2 Å². The summed E-state index contributed by atoms with van der Waals surface area (Å²) in [5, 5.41) is 0.806. The molecule has 2 heterocycles. The van der Waals surface area contributed by atoms with Crippen LogP contribution in [0.4, 0.5) is 5.69 Å². The van der Waals surface area contributed by atoms with E-state index < -0.39 is 9.84 Å². The third kappa shape index (κ3) is 3.65. The highest BCUT2D eigenvalue weighted by atomic mass is 32.2. The number of piperidine rings is 1. The number of amides is 1. The van der Waals surface area contributed by atoms with E-state index >= 15 is 0 Å². The van der Waals surface area contributed by atoms with E-state index in [0.717, 1.165) is 22.0 Å². The number of primary amides is 1. The van der Waals surface area contributed by atoms with Crippen molar-refractivity contribution in [3.63, 3.8) is 0 Å². The van der Waals surface area contributed by atoms with E-state index in [1.807, 2.05) is 32.0 Å². The first kappa shape index (κ1) is 20.3. The molecule has 1 saturated heterocycles. The third-order valence-electron chi connectivity index (χ3n) is 5.80. The molecule has 3 aromatic rings. The second kappa shape index (κ2) is 7.72. The molecule has 1 fully saturated rings. The van der Waals surface area contributed by atoms with Crippen LogP contribution in [0.15, 0.2) is 58.5 Å². The van der Waals surface area contributed by atoms with Crippen LogP contribution in [0, 0.1) is 19.8 Å². The number of anilines is 1. The second-order valence-electron chi connectivity index (χ2n) is 7.97. The summed E-state index contributed by atoms with van der Waals surface area (Å²) in [5.74, 6) is -0.467. The SMILES string of the molecule is Cc1ccc(S(=O)(=O)c2cnc3ccc(C)cc3c2N2CCC(C(N)=O)CC2)cc1. The number of fused-ring (bicyclic) bond motifs is 1. The lowest BCUT2D eigenvalue weighted by Crippen LogP contribution is -2.39. The van der Waals surface area contributed by atoms with Gasteiger partial charge in [0.1, 0.15) is 4.90 Å². The predicted octanol–water partition coefficient (Wildman–Crippen LogP) is 3.39. The summed E-state index contributed by atoms with van der Waals surface area (Å²) >= 11 is 0. The van der Waals surface area contributed by atoms with Crippen molar-refractivity contribution in [2.45, 2.75) is 36.5 Å². The normalized spacial score (nSPS) is 15.5. The molecule has 6 nitrogen and oxygen atoms in total. The maximum atomic E-state index is 13.6. The largest absolute Gasteiger partial charge is 0.370 e. The molecule has 2 aromatic carbocycles. The zero-order valence-corrected chi connectivity index (χ0v) is 17.9. The first-order chi connectivity index (χ1) is 14.3. The predicted molar refractivity (Wildman–Crippen MR) is 117 cm³/mol. The molecule has 1 aromatic heterocycles. The maximum Gasteiger partial charge on any atom is 0.220 e. The second-order valence-corrected chi connectivity index (χ2v) is 9.89. The van der Waals surface area contributed by atoms with Gasteiger partial charge in [0.25, 0.3) is 0 Å². The number of nitrogens with zero attached hydrogens (tertiary/aromatic N) is 2. The van der Waals surface area contributed by atoms with Crippen molar-refractivity contribution in [1.29, 1.82) is 0 Å². The topological polar surface area (TPSA) is 93.4 Å². The molecule has 0 unspecified atom stereocenters. The van der Waals surface area contributed by atoms with Crippen molar-refractivity contribution < 1.29 is 13.2 Å². The van der Waals surface area contributed by atoms with Crippen LogP contribution in [0.5, 0.6) is 0 Å². The zero-order valence-electron chi connectivity index (χ0n) is 17.1. The van der Waals surface area contributed by atoms with Gasteiger partial charge in [0, 0.05) is 30.6 Å². The molecular formula is C23H25N3O3S. The van der Waals surface area contributed by atoms with Crippen LogP contribution >= 0.6 is 0 Å². The van der Waals surface area contributed by atoms with Crippen LogP contribution in [-0.4, -0.2) is 32.4 Å². The maximum absolute atomic E-state index is 13.6. The summed E-state index contributed by atoms with van der Waals surface area (Å²) < 4.78 is 27.1. The van der Waals surface area contributed by atoms with Crippen LogP contribution in [0.2, 0.25) is 0 Å². The molecule has 0 radical (unpaired) electrons. The number of nitrogens with two attached hydrogens (primary N) is 1. The van der Waals surface area contributed by atoms with Crippen molar-refractivity contribution in [3.8, 4) is 0 Å². The van der Waals surface area contributed by atoms with Crippen molar-refractivity contribution in [3.05, 3.63) is 59.8 Å². The van der Waals surface area contributed by atoms with E-state index in [1.54, 1.807) is 24.3 Å². The number of benzene rings is 2. The molecule has 0 spiro atoms. The number of sulfone groups is 1. The molecule has 2 N–H and O–H groups in total. The lowest BCUT2D eigenvalue weighted by atomic mass is 9.95. The molecule has 7 heteroatoms. The third-order valence-corrected chi connectivity index (χ3v) is 7.57. The van der Waals surface area contributed by atoms with Crippen LogP contribution in [0.1, 0.15) is 24.0 Å². The lowest BCUT2D eigenvalue weighted by molar-refractivity contribution is -0.122. The Kier molecular flexibility index (Phi) is 5.24. The van der Waals surface area contributed by atoms with Crippen LogP contribution in [-0.2, 0) is 14.6 Å². The summed E-state index contributed by atoms with van der Waals surface area (Å²) in [6, 6.07) is 12.7. The Balaban J connectivity index is 1.89. The quantitative estimate of drug-likeness (QED) is 0.694. The van der Waals surface area contributed by atoms with Crippen molar-refractivity contribution in [1.82, 2.24) is 4.98 Å². The van der Waals surface area contributed by atoms with Gasteiger partial charge in [-0.2, -0.15) is 0 Å². The Labute approximate surface area is 176 Å². The number of aromatic nitrogens is 1. The van der Waals surface area contributed by atoms with Gasteiger partial charge in [0.15, 0.2) is 0 Å². The van der Waals surface area contributed by atoms with Gasteiger partial charge in [-0.3, -0.25) is 9.78 Å². The first-order valence-electron chi connectivity index (χ1n) is 10.0. The summed E-state index contributed by atoms with van der Waals surface area (Å²) in [6.45, 7) is 5.03. The van der Waals surface area contributed by atoms with Gasteiger partial charge in [0.05, 0.1) is 16.1 Å². The molecule has 1 aliphatic rings. The fraction of sp³-hybridized carbons (Fsp3) is 0.304. The molecule has 1 amide bonds. The summed E-state index contributed by atoms with van der Waals surface area (Å²) in [4.78, 5) is 18.5. The lowest BCUT2D eigenvalue weighted by Gasteiger charge is -2.34. The smallest absolute Gasteiger partial charge is 0.220 e. The van der Waals surface area contributed by atoms with E-state index in [1.165, 1.54) is 6.20 Å². The monoisotopic (exact) mass is 423 g/mol. The minimum atomic E-state index is -3.77. The Morgan fingerprint density at radius 2 is 1.67 bits per heavy atom. The average Bonchev–Trinajstić information content (AvgIpc) is 2.73. The van der Waals surface area contributed by atoms with Crippen molar-refractivity contribution in [2.24, 2.45) is 11.7 Å². The molecule has 156 valence electrons. The summed E-state index contributed by atoms with van der Waals surface area (Å²) in [5.41, 5.74) is 8.92. The minimum absolute atomic E-state index is 0.173. The highest BCUT2D eigenvalue weighted by Gasteiger charge is 2.30. The Morgan fingerprint density at radius 3 is 2.30 bits per heavy atom. The molecular weight excluding hydrogens is 398 g/mol. The molecule has 30 heavy (non-hydrogen) atoms. The van der Waals surface area contributed by atoms with Gasteiger partial charge in [-0.15, -0.1) is 0 Å². The average molecular weight is 424 g/mol. The summed E-state index contributed by atoms with van der Waals surface area (Å²) in [7, 11) is -3.77. The standard InChI is InChI=1S/C23H25N3O3S/c1-15-3-6-18(7-4-15)30(28,29)21-14-25-20-8-5-16(2)13-19(20)22(21)26-11-9-17(10-12-26)23(24)27/h3-8,13-14,17H,9-12H2,1-2H3,(H2,24,27). The number of pyridine rings is 1. The number of aryl methyl sites for hydroxylation is 2. The van der Waals surface area contributed by atoms with Gasteiger partial charge in [0.2, 0.25) is 15.7 Å². The van der Waals surface area contributed by atoms with Crippen molar-refractivity contribution >= 4 is 32.3 Å². The van der Waals surface area contributed by atoms with Gasteiger partial charge in [-0.25, -0.2) is 8.42 Å². The van der Waals surface area contributed by atoms with Crippen LogP contribution < -0.4 is 10.6 Å². The number of hydrogen-bond acceptors (Lipinski definition) is 5. The highest BCUT2D eigenvalue weighted by molar-refractivity contribution is 7.91. The van der Waals surface area contributed by atoms with Crippen molar-refractivity contribution in [2.75, 3.05) is 18.0 Å². The number of hydrogen-bond donors (Lipinski definition) is 1. The van der Waals surface area contributed by atoms with Crippen LogP contribution in [0.3, 0.4) is 0 Å². The van der Waals surface area contributed by atoms with Gasteiger partial charge >= 0.3 is 0 Å². The van der Waals surface area contributed by atoms with E-state index in [2.05, 4.69) is 9.88 Å². The van der Waals surface area contributed by atoms with E-state index in [0.29, 0.717) is 31.6 Å². The molecule has 0 atom stereocenters. The molecule has 4 rings (SSSR count). The number of carbonyl (C=O) groups is 1. The van der Waals surface area contributed by atoms with Crippen LogP contribution in [0.25, 0.3) is 10.9 Å². The molecule has 0 bridgehead atoms. The van der Waals surface area contributed by atoms with Gasteiger partial charge in [-0.1, -0.05) is 29.3 Å². The van der Waals surface area contributed by atoms with Gasteiger partial charge in [-0.05, 0) is 51.0 Å². The van der Waals surface area contributed by atoms with Gasteiger partial charge < -0.3 is 10.6 Å². The van der Waals surface area contributed by atoms with E-state index in [4.69, 9.17) is 5.73 Å². The number of carbonyl (C=O) groups excluding carboxylic acids is 1. The Bertz CT molecular complexity index is 1210. The Morgan fingerprint density at radius 1 is 1.03 bits per heavy atom. The zero-order chi connectivity index (χ0) is 21.5.